The van der Waals surface area contributed by atoms with Gasteiger partial charge in [-0.2, -0.15) is 9.61 Å². The summed E-state index contributed by atoms with van der Waals surface area (Å²) < 4.78 is 6.31. The van der Waals surface area contributed by atoms with E-state index in [4.69, 9.17) is 5.73 Å². The van der Waals surface area contributed by atoms with Gasteiger partial charge in [-0.3, -0.25) is 0 Å². The van der Waals surface area contributed by atoms with Crippen LogP contribution in [-0.2, 0) is 0 Å². The number of anilines is 1. The second-order valence-corrected chi connectivity index (χ2v) is 4.89. The van der Waals surface area contributed by atoms with E-state index in [9.17, 15) is 0 Å². The van der Waals surface area contributed by atoms with Crippen molar-refractivity contribution >= 4 is 22.1 Å². The fraction of sp³-hybridized carbons (Fsp3) is 0.375. The van der Waals surface area contributed by atoms with Crippen LogP contribution >= 0.6 is 11.3 Å². The molecule has 2 N–H and O–H groups in total. The zero-order valence-corrected chi connectivity index (χ0v) is 9.39. The van der Waals surface area contributed by atoms with Crippen LogP contribution in [0.5, 0.6) is 0 Å². The van der Waals surface area contributed by atoms with Crippen molar-refractivity contribution in [2.24, 2.45) is 0 Å². The molecular formula is C8H7N7OS. The quantitative estimate of drug-likeness (QED) is 0.711. The number of nitrogens with zero attached hydrogens (tertiary/aromatic N) is 6. The minimum absolute atomic E-state index is 0.239. The molecule has 1 saturated carbocycles. The molecule has 0 aromatic carbocycles. The lowest BCUT2D eigenvalue weighted by Crippen LogP contribution is -1.94. The van der Waals surface area contributed by atoms with Crippen molar-refractivity contribution in [3.63, 3.8) is 0 Å². The maximum Gasteiger partial charge on any atom is 0.235 e. The highest BCUT2D eigenvalue weighted by Gasteiger charge is 2.30. The highest BCUT2D eigenvalue weighted by molar-refractivity contribution is 7.19. The Morgan fingerprint density at radius 3 is 2.88 bits per heavy atom. The van der Waals surface area contributed by atoms with Crippen LogP contribution in [0.1, 0.15) is 24.6 Å². The smallest absolute Gasteiger partial charge is 0.235 e. The lowest BCUT2D eigenvalue weighted by atomic mass is 10.4. The van der Waals surface area contributed by atoms with Crippen LogP contribution in [0, 0.1) is 0 Å². The highest BCUT2D eigenvalue weighted by atomic mass is 32.1. The van der Waals surface area contributed by atoms with Crippen molar-refractivity contribution in [2.45, 2.75) is 18.8 Å². The number of hydrogen-bond acceptors (Lipinski definition) is 8. The van der Waals surface area contributed by atoms with E-state index < -0.39 is 0 Å². The number of aromatic nitrogens is 6. The molecule has 9 heteroatoms. The van der Waals surface area contributed by atoms with E-state index >= 15 is 0 Å². The minimum atomic E-state index is 0.239. The molecule has 3 aromatic heterocycles. The summed E-state index contributed by atoms with van der Waals surface area (Å²) in [7, 11) is 0. The Hall–Kier alpha value is -2.03. The van der Waals surface area contributed by atoms with Crippen molar-refractivity contribution in [3.05, 3.63) is 5.82 Å². The van der Waals surface area contributed by atoms with Crippen LogP contribution in [0.25, 0.3) is 15.7 Å². The Balaban J connectivity index is 1.90. The molecule has 3 heterocycles. The molecule has 1 aliphatic rings. The van der Waals surface area contributed by atoms with Crippen LogP contribution in [0.3, 0.4) is 0 Å². The summed E-state index contributed by atoms with van der Waals surface area (Å²) in [5, 5.41) is 20.5. The van der Waals surface area contributed by atoms with Crippen LogP contribution in [0.2, 0.25) is 0 Å². The third-order valence-corrected chi connectivity index (χ3v) is 3.58. The van der Waals surface area contributed by atoms with Gasteiger partial charge in [0.1, 0.15) is 0 Å². The molecular weight excluding hydrogens is 242 g/mol. The van der Waals surface area contributed by atoms with Crippen LogP contribution in [0.15, 0.2) is 4.63 Å². The summed E-state index contributed by atoms with van der Waals surface area (Å²) in [6.07, 6.45) is 2.31. The summed E-state index contributed by atoms with van der Waals surface area (Å²) in [6.45, 7) is 0. The molecule has 0 atom stereocenters. The number of hydrogen-bond donors (Lipinski definition) is 1. The van der Waals surface area contributed by atoms with E-state index in [2.05, 4.69) is 30.2 Å². The molecule has 0 amide bonds. The van der Waals surface area contributed by atoms with E-state index in [0.717, 1.165) is 23.6 Å². The van der Waals surface area contributed by atoms with Gasteiger partial charge in [-0.25, -0.2) is 4.63 Å². The van der Waals surface area contributed by atoms with Gasteiger partial charge in [-0.15, -0.1) is 10.2 Å². The van der Waals surface area contributed by atoms with Gasteiger partial charge in [-0.1, -0.05) is 11.3 Å². The molecule has 0 spiro atoms. The van der Waals surface area contributed by atoms with Gasteiger partial charge in [0.2, 0.25) is 4.96 Å². The molecule has 0 aliphatic heterocycles. The van der Waals surface area contributed by atoms with Gasteiger partial charge in [0, 0.05) is 5.92 Å². The highest BCUT2D eigenvalue weighted by Crippen LogP contribution is 2.39. The summed E-state index contributed by atoms with van der Waals surface area (Å²) in [5.41, 5.74) is 6.09. The lowest BCUT2D eigenvalue weighted by Gasteiger charge is -1.89. The van der Waals surface area contributed by atoms with Crippen molar-refractivity contribution < 1.29 is 4.63 Å². The third-order valence-electron chi connectivity index (χ3n) is 2.67. The maximum absolute atomic E-state index is 5.63. The Morgan fingerprint density at radius 2 is 2.18 bits per heavy atom. The minimum Gasteiger partial charge on any atom is -0.379 e. The van der Waals surface area contributed by atoms with E-state index in [1.807, 2.05) is 0 Å². The van der Waals surface area contributed by atoms with Crippen molar-refractivity contribution in [1.82, 2.24) is 30.1 Å². The molecule has 1 aliphatic carbocycles. The molecule has 86 valence electrons. The first-order chi connectivity index (χ1) is 8.33. The van der Waals surface area contributed by atoms with Gasteiger partial charge < -0.3 is 5.73 Å². The third kappa shape index (κ3) is 1.25. The molecule has 0 unspecified atom stereocenters. The Kier molecular flexibility index (Phi) is 1.60. The number of nitrogen functional groups attached to an aromatic ring is 1. The SMILES string of the molecule is Nc1nonc1-c1nn2c(C3CC3)nnc2s1. The molecule has 4 rings (SSSR count). The first-order valence-corrected chi connectivity index (χ1v) is 5.95. The summed E-state index contributed by atoms with van der Waals surface area (Å²) in [4.78, 5) is 0.740. The zero-order chi connectivity index (χ0) is 11.4. The molecule has 0 saturated heterocycles. The second kappa shape index (κ2) is 3.00. The monoisotopic (exact) mass is 249 g/mol. The molecule has 3 aromatic rings. The second-order valence-electron chi connectivity index (χ2n) is 3.93. The fourth-order valence-electron chi connectivity index (χ4n) is 1.67. The first kappa shape index (κ1) is 9.05. The predicted octanol–water partition coefficient (Wildman–Crippen LogP) is 0.695. The Morgan fingerprint density at radius 1 is 1.29 bits per heavy atom. The normalized spacial score (nSPS) is 15.8. The zero-order valence-electron chi connectivity index (χ0n) is 8.57. The molecule has 8 nitrogen and oxygen atoms in total. The molecule has 0 bridgehead atoms. The standard InChI is InChI=1S/C8H7N7OS/c9-5-4(13-16-14-5)7-12-15-6(3-1-2-3)10-11-8(15)17-7/h3H,1-2H2,(H2,9,14). The van der Waals surface area contributed by atoms with Crippen LogP contribution < -0.4 is 5.73 Å². The van der Waals surface area contributed by atoms with Gasteiger partial charge in [0.15, 0.2) is 22.3 Å². The van der Waals surface area contributed by atoms with E-state index in [-0.39, 0.29) is 5.82 Å². The topological polar surface area (TPSA) is 108 Å². The van der Waals surface area contributed by atoms with E-state index in [1.165, 1.54) is 11.3 Å². The van der Waals surface area contributed by atoms with Gasteiger partial charge in [0.05, 0.1) is 0 Å². The van der Waals surface area contributed by atoms with Gasteiger partial charge in [-0.05, 0) is 23.2 Å². The van der Waals surface area contributed by atoms with Gasteiger partial charge >= 0.3 is 0 Å². The van der Waals surface area contributed by atoms with Crippen molar-refractivity contribution in [1.29, 1.82) is 0 Å². The number of nitrogens with two attached hydrogens (primary N) is 1. The first-order valence-electron chi connectivity index (χ1n) is 5.13. The number of rotatable bonds is 2. The summed E-state index contributed by atoms with van der Waals surface area (Å²) >= 11 is 1.37. The van der Waals surface area contributed by atoms with Crippen LogP contribution in [-0.4, -0.2) is 30.1 Å². The number of fused-ring (bicyclic) bond motifs is 1. The maximum atomic E-state index is 5.63. The molecule has 1 fully saturated rings. The van der Waals surface area contributed by atoms with Crippen molar-refractivity contribution in [2.75, 3.05) is 5.73 Å². The van der Waals surface area contributed by atoms with E-state index in [0.29, 0.717) is 16.6 Å². The summed E-state index contributed by atoms with van der Waals surface area (Å²) in [5.74, 6) is 1.65. The average molecular weight is 249 g/mol. The summed E-state index contributed by atoms with van der Waals surface area (Å²) in [6, 6.07) is 0. The fourth-order valence-corrected chi connectivity index (χ4v) is 2.50. The molecule has 17 heavy (non-hydrogen) atoms. The Bertz CT molecular complexity index is 694. The van der Waals surface area contributed by atoms with Crippen molar-refractivity contribution in [3.8, 4) is 10.7 Å². The largest absolute Gasteiger partial charge is 0.379 e. The Labute approximate surface area is 98.4 Å². The lowest BCUT2D eigenvalue weighted by molar-refractivity contribution is 0.310. The van der Waals surface area contributed by atoms with E-state index in [1.54, 1.807) is 4.52 Å². The van der Waals surface area contributed by atoms with Crippen LogP contribution in [0.4, 0.5) is 5.82 Å². The predicted molar refractivity (Wildman–Crippen MR) is 58.3 cm³/mol. The molecule has 0 radical (unpaired) electrons. The average Bonchev–Trinajstić information content (AvgIpc) is 2.75. The van der Waals surface area contributed by atoms with Gasteiger partial charge in [0.25, 0.3) is 0 Å².